The quantitative estimate of drug-likeness (QED) is 0.745. The fourth-order valence-corrected chi connectivity index (χ4v) is 2.70. The molecule has 0 saturated heterocycles. The molecule has 0 spiro atoms. The number of carbonyl (C=O) groups excluding carboxylic acids is 1. The molecule has 0 unspecified atom stereocenters. The van der Waals surface area contributed by atoms with E-state index in [0.717, 1.165) is 11.3 Å². The van der Waals surface area contributed by atoms with Crippen molar-refractivity contribution < 1.29 is 4.79 Å². The highest BCUT2D eigenvalue weighted by molar-refractivity contribution is 6.34. The molecule has 22 heavy (non-hydrogen) atoms. The van der Waals surface area contributed by atoms with Crippen LogP contribution in [0.5, 0.6) is 0 Å². The van der Waals surface area contributed by atoms with Gasteiger partial charge in [-0.05, 0) is 19.1 Å². The van der Waals surface area contributed by atoms with Gasteiger partial charge in [0.1, 0.15) is 11.3 Å². The largest absolute Gasteiger partial charge is 0.334 e. The van der Waals surface area contributed by atoms with Crippen LogP contribution < -0.4 is 0 Å². The molecule has 7 heteroatoms. The molecule has 0 saturated carbocycles. The Morgan fingerprint density at radius 1 is 1.41 bits per heavy atom. The predicted molar refractivity (Wildman–Crippen MR) is 83.9 cm³/mol. The van der Waals surface area contributed by atoms with E-state index >= 15 is 0 Å². The highest BCUT2D eigenvalue weighted by Gasteiger charge is 2.22. The van der Waals surface area contributed by atoms with Gasteiger partial charge in [0, 0.05) is 20.3 Å². The van der Waals surface area contributed by atoms with Crippen molar-refractivity contribution in [2.45, 2.75) is 13.5 Å². The number of hydrogen-bond acceptors (Lipinski definition) is 3. The molecule has 3 heterocycles. The molecule has 3 aromatic heterocycles. The van der Waals surface area contributed by atoms with Gasteiger partial charge in [-0.3, -0.25) is 9.48 Å². The zero-order valence-electron chi connectivity index (χ0n) is 12.6. The van der Waals surface area contributed by atoms with E-state index in [2.05, 4.69) is 10.1 Å². The number of hydrogen-bond donors (Lipinski definition) is 0. The lowest BCUT2D eigenvalue weighted by molar-refractivity contribution is 0.0772. The molecule has 0 aromatic carbocycles. The highest BCUT2D eigenvalue weighted by atomic mass is 35.5. The smallest absolute Gasteiger partial charge is 0.273 e. The molecule has 0 N–H and O–H groups in total. The van der Waals surface area contributed by atoms with Crippen molar-refractivity contribution in [1.82, 2.24) is 24.1 Å². The maximum Gasteiger partial charge on any atom is 0.273 e. The van der Waals surface area contributed by atoms with E-state index in [1.54, 1.807) is 32.1 Å². The molecule has 0 aliphatic heterocycles. The number of rotatable bonds is 3. The number of imidazole rings is 1. The van der Waals surface area contributed by atoms with Crippen LogP contribution in [-0.4, -0.2) is 37.0 Å². The fraction of sp³-hybridized carbons (Fsp3) is 0.267. The van der Waals surface area contributed by atoms with Crippen molar-refractivity contribution >= 4 is 23.2 Å². The van der Waals surface area contributed by atoms with Crippen molar-refractivity contribution in [3.05, 3.63) is 52.7 Å². The van der Waals surface area contributed by atoms with Gasteiger partial charge in [0.15, 0.2) is 0 Å². The summed E-state index contributed by atoms with van der Waals surface area (Å²) in [6.07, 6.45) is 3.70. The summed E-state index contributed by atoms with van der Waals surface area (Å²) in [5.74, 6) is -0.168. The van der Waals surface area contributed by atoms with Crippen molar-refractivity contribution in [1.29, 1.82) is 0 Å². The third-order valence-electron chi connectivity index (χ3n) is 3.59. The molecule has 0 fully saturated rings. The number of nitrogens with zero attached hydrogens (tertiary/aromatic N) is 5. The Kier molecular flexibility index (Phi) is 3.62. The zero-order valence-corrected chi connectivity index (χ0v) is 13.4. The van der Waals surface area contributed by atoms with Gasteiger partial charge in [-0.1, -0.05) is 17.7 Å². The third kappa shape index (κ3) is 2.35. The van der Waals surface area contributed by atoms with Crippen LogP contribution in [-0.2, 0) is 13.6 Å². The summed E-state index contributed by atoms with van der Waals surface area (Å²) in [4.78, 5) is 18.5. The van der Waals surface area contributed by atoms with Gasteiger partial charge in [-0.25, -0.2) is 4.98 Å². The highest BCUT2D eigenvalue weighted by Crippen LogP contribution is 2.21. The van der Waals surface area contributed by atoms with Gasteiger partial charge < -0.3 is 9.30 Å². The van der Waals surface area contributed by atoms with Gasteiger partial charge in [-0.2, -0.15) is 5.10 Å². The molecule has 0 aliphatic rings. The number of fused-ring (bicyclic) bond motifs is 1. The van der Waals surface area contributed by atoms with Crippen molar-refractivity contribution in [3.63, 3.8) is 0 Å². The lowest BCUT2D eigenvalue weighted by atomic mass is 10.3. The number of halogens is 1. The van der Waals surface area contributed by atoms with Gasteiger partial charge in [0.25, 0.3) is 5.91 Å². The molecule has 0 aliphatic carbocycles. The van der Waals surface area contributed by atoms with E-state index < -0.39 is 0 Å². The summed E-state index contributed by atoms with van der Waals surface area (Å²) in [7, 11) is 3.46. The van der Waals surface area contributed by atoms with Gasteiger partial charge in [0.05, 0.1) is 29.2 Å². The lowest BCUT2D eigenvalue weighted by Crippen LogP contribution is -2.28. The minimum Gasteiger partial charge on any atom is -0.334 e. The minimum atomic E-state index is -0.168. The SMILES string of the molecule is Cc1nn(C)c(C(=O)N(C)Cc2cnc3ccccn23)c1Cl. The van der Waals surface area contributed by atoms with Crippen LogP contribution in [0.1, 0.15) is 21.9 Å². The third-order valence-corrected chi connectivity index (χ3v) is 4.04. The average molecular weight is 318 g/mol. The first kappa shape index (κ1) is 14.6. The second-order valence-electron chi connectivity index (χ2n) is 5.21. The maximum absolute atomic E-state index is 12.6. The van der Waals surface area contributed by atoms with Crippen LogP contribution in [0.4, 0.5) is 0 Å². The summed E-state index contributed by atoms with van der Waals surface area (Å²) < 4.78 is 3.48. The topological polar surface area (TPSA) is 55.4 Å². The summed E-state index contributed by atoms with van der Waals surface area (Å²) in [6.45, 7) is 2.22. The first-order valence-corrected chi connectivity index (χ1v) is 7.22. The van der Waals surface area contributed by atoms with Crippen molar-refractivity contribution in [2.24, 2.45) is 7.05 Å². The van der Waals surface area contributed by atoms with E-state index in [-0.39, 0.29) is 5.91 Å². The molecule has 3 aromatic rings. The molecular formula is C15H16ClN5O. The number of aryl methyl sites for hydroxylation is 2. The number of carbonyl (C=O) groups is 1. The number of amides is 1. The molecule has 114 valence electrons. The zero-order chi connectivity index (χ0) is 15.9. The molecular weight excluding hydrogens is 302 g/mol. The Labute approximate surface area is 132 Å². The van der Waals surface area contributed by atoms with Crippen LogP contribution in [0.15, 0.2) is 30.6 Å². The van der Waals surface area contributed by atoms with Gasteiger partial charge in [0.2, 0.25) is 0 Å². The summed E-state index contributed by atoms with van der Waals surface area (Å²) in [5, 5.41) is 4.58. The molecule has 0 radical (unpaired) electrons. The van der Waals surface area contributed by atoms with Crippen molar-refractivity contribution in [2.75, 3.05) is 7.05 Å². The second-order valence-corrected chi connectivity index (χ2v) is 5.59. The molecule has 3 rings (SSSR count). The fourth-order valence-electron chi connectivity index (χ4n) is 2.46. The molecule has 6 nitrogen and oxygen atoms in total. The van der Waals surface area contributed by atoms with E-state index in [1.165, 1.54) is 4.68 Å². The van der Waals surface area contributed by atoms with Crippen LogP contribution in [0, 0.1) is 6.92 Å². The molecule has 0 bridgehead atoms. The Balaban J connectivity index is 1.88. The van der Waals surface area contributed by atoms with E-state index in [4.69, 9.17) is 11.6 Å². The maximum atomic E-state index is 12.6. The Morgan fingerprint density at radius 3 is 2.86 bits per heavy atom. The average Bonchev–Trinajstić information content (AvgIpc) is 3.00. The minimum absolute atomic E-state index is 0.168. The summed E-state index contributed by atoms with van der Waals surface area (Å²) in [5.41, 5.74) is 2.83. The standard InChI is InChI=1S/C15H16ClN5O/c1-10-13(16)14(20(3)18-10)15(22)19(2)9-11-8-17-12-6-4-5-7-21(11)12/h4-8H,9H2,1-3H3. The van der Waals surface area contributed by atoms with Crippen LogP contribution in [0.3, 0.4) is 0 Å². The van der Waals surface area contributed by atoms with E-state index in [0.29, 0.717) is 23.0 Å². The predicted octanol–water partition coefficient (Wildman–Crippen LogP) is 2.30. The Hall–Kier alpha value is -2.34. The van der Waals surface area contributed by atoms with Gasteiger partial charge >= 0.3 is 0 Å². The first-order valence-electron chi connectivity index (χ1n) is 6.84. The lowest BCUT2D eigenvalue weighted by Gasteiger charge is -2.17. The van der Waals surface area contributed by atoms with Crippen LogP contribution in [0.2, 0.25) is 5.02 Å². The molecule has 1 amide bonds. The van der Waals surface area contributed by atoms with E-state index in [9.17, 15) is 4.79 Å². The van der Waals surface area contributed by atoms with Crippen LogP contribution in [0.25, 0.3) is 5.65 Å². The first-order chi connectivity index (χ1) is 10.5. The normalized spacial score (nSPS) is 11.1. The Bertz CT molecular complexity index is 851. The monoisotopic (exact) mass is 317 g/mol. The van der Waals surface area contributed by atoms with Gasteiger partial charge in [-0.15, -0.1) is 0 Å². The Morgan fingerprint density at radius 2 is 2.18 bits per heavy atom. The second kappa shape index (κ2) is 5.46. The number of pyridine rings is 1. The molecule has 0 atom stereocenters. The summed E-state index contributed by atoms with van der Waals surface area (Å²) >= 11 is 6.18. The summed E-state index contributed by atoms with van der Waals surface area (Å²) in [6, 6.07) is 5.78. The van der Waals surface area contributed by atoms with Crippen molar-refractivity contribution in [3.8, 4) is 0 Å². The van der Waals surface area contributed by atoms with Crippen LogP contribution >= 0.6 is 11.6 Å². The van der Waals surface area contributed by atoms with E-state index in [1.807, 2.05) is 28.8 Å². The number of aromatic nitrogens is 4.